The maximum absolute atomic E-state index is 8.52. The van der Waals surface area contributed by atoms with Gasteiger partial charge in [0.05, 0.1) is 6.07 Å². The molecular weight excluding hydrogens is 160 g/mol. The molecule has 1 aliphatic rings. The van der Waals surface area contributed by atoms with E-state index in [2.05, 4.69) is 31.7 Å². The van der Waals surface area contributed by atoms with Gasteiger partial charge in [-0.25, -0.2) is 0 Å². The van der Waals surface area contributed by atoms with Crippen LogP contribution in [0.3, 0.4) is 0 Å². The molecule has 74 valence electrons. The molecule has 2 nitrogen and oxygen atoms in total. The normalized spacial score (nSPS) is 28.3. The van der Waals surface area contributed by atoms with Crippen molar-refractivity contribution in [3.63, 3.8) is 0 Å². The van der Waals surface area contributed by atoms with Gasteiger partial charge in [-0.3, -0.25) is 0 Å². The average Bonchev–Trinajstić information content (AvgIpc) is 1.97. The van der Waals surface area contributed by atoms with Gasteiger partial charge >= 0.3 is 0 Å². The van der Waals surface area contributed by atoms with Crippen LogP contribution in [-0.4, -0.2) is 24.5 Å². The monoisotopic (exact) mass is 180 g/mol. The van der Waals surface area contributed by atoms with Gasteiger partial charge in [0.1, 0.15) is 0 Å². The topological polar surface area (TPSA) is 27.0 Å². The molecular formula is C11H20N2. The highest BCUT2D eigenvalue weighted by Gasteiger charge is 2.29. The smallest absolute Gasteiger partial charge is 0.0635 e. The second kappa shape index (κ2) is 4.11. The summed E-state index contributed by atoms with van der Waals surface area (Å²) in [5.74, 6) is 0.780. The third-order valence-corrected chi connectivity index (χ3v) is 2.66. The van der Waals surface area contributed by atoms with Crippen molar-refractivity contribution in [1.82, 2.24) is 4.90 Å². The van der Waals surface area contributed by atoms with Gasteiger partial charge in [0.15, 0.2) is 0 Å². The maximum Gasteiger partial charge on any atom is 0.0635 e. The van der Waals surface area contributed by atoms with Crippen molar-refractivity contribution in [2.75, 3.05) is 19.6 Å². The number of rotatable bonds is 2. The fourth-order valence-corrected chi connectivity index (χ4v) is 2.56. The molecule has 0 bridgehead atoms. The second-order valence-electron chi connectivity index (χ2n) is 5.12. The molecule has 1 atom stereocenters. The van der Waals surface area contributed by atoms with Gasteiger partial charge in [0, 0.05) is 26.1 Å². The third kappa shape index (κ3) is 3.36. The highest BCUT2D eigenvalue weighted by atomic mass is 15.1. The molecule has 1 rings (SSSR count). The minimum absolute atomic E-state index is 0.438. The molecule has 0 aromatic rings. The largest absolute Gasteiger partial charge is 0.302 e. The molecule has 0 aromatic heterocycles. The van der Waals surface area contributed by atoms with E-state index in [1.807, 2.05) is 0 Å². The van der Waals surface area contributed by atoms with Crippen LogP contribution in [0.15, 0.2) is 0 Å². The van der Waals surface area contributed by atoms with Gasteiger partial charge in [-0.15, -0.1) is 0 Å². The van der Waals surface area contributed by atoms with Crippen molar-refractivity contribution in [2.24, 2.45) is 11.3 Å². The molecule has 0 radical (unpaired) electrons. The molecule has 1 heterocycles. The van der Waals surface area contributed by atoms with Gasteiger partial charge in [-0.2, -0.15) is 5.26 Å². The first kappa shape index (κ1) is 10.5. The molecule has 0 spiro atoms. The molecule has 1 fully saturated rings. The van der Waals surface area contributed by atoms with Gasteiger partial charge in [-0.05, 0) is 17.8 Å². The highest BCUT2D eigenvalue weighted by molar-refractivity contribution is 4.84. The first-order valence-electron chi connectivity index (χ1n) is 5.13. The zero-order chi connectivity index (χ0) is 9.90. The number of piperidine rings is 1. The Morgan fingerprint density at radius 2 is 2.23 bits per heavy atom. The number of hydrogen-bond acceptors (Lipinski definition) is 2. The highest BCUT2D eigenvalue weighted by Crippen LogP contribution is 2.31. The van der Waals surface area contributed by atoms with Crippen molar-refractivity contribution in [1.29, 1.82) is 5.26 Å². The Balaban J connectivity index is 2.44. The van der Waals surface area contributed by atoms with E-state index in [4.69, 9.17) is 5.26 Å². The summed E-state index contributed by atoms with van der Waals surface area (Å²) in [7, 11) is 0. The Hall–Kier alpha value is -0.550. The van der Waals surface area contributed by atoms with E-state index in [0.717, 1.165) is 19.0 Å². The van der Waals surface area contributed by atoms with E-state index >= 15 is 0 Å². The Morgan fingerprint density at radius 3 is 2.77 bits per heavy atom. The Bertz CT molecular complexity index is 203. The molecule has 13 heavy (non-hydrogen) atoms. The maximum atomic E-state index is 8.52. The number of nitriles is 1. The predicted octanol–water partition coefficient (Wildman–Crippen LogP) is 2.27. The number of likely N-dealkylation sites (tertiary alicyclic amines) is 1. The summed E-state index contributed by atoms with van der Waals surface area (Å²) < 4.78 is 0. The van der Waals surface area contributed by atoms with Crippen LogP contribution < -0.4 is 0 Å². The minimum Gasteiger partial charge on any atom is -0.302 e. The van der Waals surface area contributed by atoms with E-state index in [-0.39, 0.29) is 0 Å². The Kier molecular flexibility index (Phi) is 3.33. The lowest BCUT2D eigenvalue weighted by atomic mass is 9.79. The standard InChI is InChI=1S/C11H20N2/c1-10-7-11(2,3)9-13(8-10)6-4-5-12/h10H,4,6-9H2,1-3H3. The molecule has 2 heteroatoms. The zero-order valence-electron chi connectivity index (χ0n) is 9.01. The van der Waals surface area contributed by atoms with Gasteiger partial charge in [-0.1, -0.05) is 20.8 Å². The van der Waals surface area contributed by atoms with Crippen molar-refractivity contribution in [3.8, 4) is 6.07 Å². The van der Waals surface area contributed by atoms with E-state index in [1.165, 1.54) is 13.0 Å². The molecule has 1 unspecified atom stereocenters. The molecule has 1 saturated heterocycles. The SMILES string of the molecule is CC1CN(CCC#N)CC(C)(C)C1. The lowest BCUT2D eigenvalue weighted by Crippen LogP contribution is -2.44. The summed E-state index contributed by atoms with van der Waals surface area (Å²) >= 11 is 0. The van der Waals surface area contributed by atoms with Crippen LogP contribution in [0.2, 0.25) is 0 Å². The van der Waals surface area contributed by atoms with Crippen LogP contribution in [0.25, 0.3) is 0 Å². The van der Waals surface area contributed by atoms with Crippen molar-refractivity contribution in [2.45, 2.75) is 33.6 Å². The summed E-state index contributed by atoms with van der Waals surface area (Å²) in [5.41, 5.74) is 0.438. The molecule has 0 aromatic carbocycles. The second-order valence-corrected chi connectivity index (χ2v) is 5.12. The first-order chi connectivity index (χ1) is 6.03. The van der Waals surface area contributed by atoms with Crippen molar-refractivity contribution >= 4 is 0 Å². The lowest BCUT2D eigenvalue weighted by Gasteiger charge is -2.41. The summed E-state index contributed by atoms with van der Waals surface area (Å²) in [6, 6.07) is 2.22. The predicted molar refractivity (Wildman–Crippen MR) is 54.2 cm³/mol. The zero-order valence-corrected chi connectivity index (χ0v) is 9.01. The van der Waals surface area contributed by atoms with Crippen LogP contribution in [0.1, 0.15) is 33.6 Å². The third-order valence-electron chi connectivity index (χ3n) is 2.66. The molecule has 1 aliphatic heterocycles. The Labute approximate surface area is 81.5 Å². The molecule has 0 amide bonds. The summed E-state index contributed by atoms with van der Waals surface area (Å²) in [5, 5.41) is 8.52. The number of nitrogens with zero attached hydrogens (tertiary/aromatic N) is 2. The van der Waals surface area contributed by atoms with Crippen molar-refractivity contribution in [3.05, 3.63) is 0 Å². The first-order valence-corrected chi connectivity index (χ1v) is 5.13. The molecule has 0 aliphatic carbocycles. The van der Waals surface area contributed by atoms with E-state index < -0.39 is 0 Å². The van der Waals surface area contributed by atoms with Gasteiger partial charge in [0.25, 0.3) is 0 Å². The molecule has 0 saturated carbocycles. The van der Waals surface area contributed by atoms with Crippen LogP contribution in [0.5, 0.6) is 0 Å². The van der Waals surface area contributed by atoms with E-state index in [1.54, 1.807) is 0 Å². The summed E-state index contributed by atoms with van der Waals surface area (Å²) in [6.45, 7) is 10.2. The summed E-state index contributed by atoms with van der Waals surface area (Å²) in [4.78, 5) is 2.43. The fourth-order valence-electron chi connectivity index (χ4n) is 2.56. The minimum atomic E-state index is 0.438. The average molecular weight is 180 g/mol. The van der Waals surface area contributed by atoms with Gasteiger partial charge in [0.2, 0.25) is 0 Å². The summed E-state index contributed by atoms with van der Waals surface area (Å²) in [6.07, 6.45) is 1.98. The number of hydrogen-bond donors (Lipinski definition) is 0. The van der Waals surface area contributed by atoms with Crippen LogP contribution >= 0.6 is 0 Å². The molecule has 0 N–H and O–H groups in total. The van der Waals surface area contributed by atoms with Crippen LogP contribution in [0.4, 0.5) is 0 Å². The quantitative estimate of drug-likeness (QED) is 0.652. The lowest BCUT2D eigenvalue weighted by molar-refractivity contribution is 0.0817. The van der Waals surface area contributed by atoms with Crippen LogP contribution in [0, 0.1) is 22.7 Å². The fraction of sp³-hybridized carbons (Fsp3) is 0.909. The van der Waals surface area contributed by atoms with Gasteiger partial charge < -0.3 is 4.90 Å². The Morgan fingerprint density at radius 1 is 1.54 bits per heavy atom. The van der Waals surface area contributed by atoms with Crippen LogP contribution in [-0.2, 0) is 0 Å². The van der Waals surface area contributed by atoms with Crippen molar-refractivity contribution < 1.29 is 0 Å². The van der Waals surface area contributed by atoms with E-state index in [0.29, 0.717) is 11.8 Å². The van der Waals surface area contributed by atoms with E-state index in [9.17, 15) is 0 Å².